The van der Waals surface area contributed by atoms with Gasteiger partial charge in [0.1, 0.15) is 6.26 Å². The van der Waals surface area contributed by atoms with Crippen LogP contribution in [0.1, 0.15) is 40.3 Å². The molecule has 0 N–H and O–H groups in total. The van der Waals surface area contributed by atoms with Crippen LogP contribution in [0.3, 0.4) is 0 Å². The molecule has 0 bridgehead atoms. The van der Waals surface area contributed by atoms with Crippen LogP contribution in [0.4, 0.5) is 0 Å². The molecule has 5 nitrogen and oxygen atoms in total. The second kappa shape index (κ2) is 8.80. The maximum Gasteiger partial charge on any atom is 0.275 e. The van der Waals surface area contributed by atoms with Crippen LogP contribution in [-0.2, 0) is 19.6 Å². The molecule has 1 aliphatic carbocycles. The van der Waals surface area contributed by atoms with Crippen LogP contribution in [0.15, 0.2) is 65.3 Å². The number of benzene rings is 2. The lowest BCUT2D eigenvalue weighted by atomic mass is 10.2. The summed E-state index contributed by atoms with van der Waals surface area (Å²) in [5.74, 6) is 0.411. The molecule has 3 aromatic rings. The molecule has 0 radical (unpaired) electrons. The number of nitrogens with zero attached hydrogens (tertiary/aromatic N) is 3. The van der Waals surface area contributed by atoms with Crippen LogP contribution in [0.2, 0.25) is 5.02 Å². The van der Waals surface area contributed by atoms with Gasteiger partial charge in [-0.15, -0.1) is 0 Å². The lowest BCUT2D eigenvalue weighted by Gasteiger charge is -2.20. The molecule has 29 heavy (non-hydrogen) atoms. The van der Waals surface area contributed by atoms with Gasteiger partial charge >= 0.3 is 0 Å². The minimum Gasteiger partial charge on any atom is -0.447 e. The van der Waals surface area contributed by atoms with Gasteiger partial charge in [0.25, 0.3) is 5.91 Å². The van der Waals surface area contributed by atoms with Crippen LogP contribution in [0, 0.1) is 0 Å². The highest BCUT2D eigenvalue weighted by molar-refractivity contribution is 6.31. The SMILES string of the molecule is CN(Cc1ccccc1)C(=O)c1coc(CN(Cc2ccccc2Cl)C2CC2)n1. The van der Waals surface area contributed by atoms with Crippen molar-refractivity contribution >= 4 is 17.5 Å². The van der Waals surface area contributed by atoms with E-state index in [-0.39, 0.29) is 5.91 Å². The first-order chi connectivity index (χ1) is 14.1. The lowest BCUT2D eigenvalue weighted by molar-refractivity contribution is 0.0779. The van der Waals surface area contributed by atoms with E-state index in [0.29, 0.717) is 30.7 Å². The standard InChI is InChI=1S/C23H24ClN3O2/c1-26(13-17-7-3-2-4-8-17)23(28)21-16-29-22(25-21)15-27(19-11-12-19)14-18-9-5-6-10-20(18)24/h2-10,16,19H,11-15H2,1H3. The van der Waals surface area contributed by atoms with Crippen molar-refractivity contribution in [3.8, 4) is 0 Å². The number of carbonyl (C=O) groups excluding carboxylic acids is 1. The number of oxazole rings is 1. The molecule has 1 fully saturated rings. The van der Waals surface area contributed by atoms with Crippen molar-refractivity contribution in [3.63, 3.8) is 0 Å². The zero-order valence-electron chi connectivity index (χ0n) is 16.4. The third-order valence-electron chi connectivity index (χ3n) is 5.11. The summed E-state index contributed by atoms with van der Waals surface area (Å²) in [6, 6.07) is 18.3. The van der Waals surface area contributed by atoms with E-state index < -0.39 is 0 Å². The van der Waals surface area contributed by atoms with Crippen molar-refractivity contribution in [1.82, 2.24) is 14.8 Å². The minimum atomic E-state index is -0.145. The number of halogens is 1. The van der Waals surface area contributed by atoms with Crippen molar-refractivity contribution < 1.29 is 9.21 Å². The number of hydrogen-bond donors (Lipinski definition) is 0. The third kappa shape index (κ3) is 5.05. The Morgan fingerprint density at radius 2 is 1.79 bits per heavy atom. The Morgan fingerprint density at radius 1 is 1.07 bits per heavy atom. The molecule has 1 saturated carbocycles. The smallest absolute Gasteiger partial charge is 0.275 e. The van der Waals surface area contributed by atoms with E-state index in [2.05, 4.69) is 9.88 Å². The van der Waals surface area contributed by atoms with Gasteiger partial charge in [-0.25, -0.2) is 4.98 Å². The predicted molar refractivity (Wildman–Crippen MR) is 112 cm³/mol. The summed E-state index contributed by atoms with van der Waals surface area (Å²) < 4.78 is 5.63. The second-order valence-electron chi connectivity index (χ2n) is 7.50. The van der Waals surface area contributed by atoms with E-state index in [4.69, 9.17) is 16.0 Å². The van der Waals surface area contributed by atoms with Crippen molar-refractivity contribution in [3.05, 3.63) is 88.6 Å². The number of amides is 1. The molecule has 1 aromatic heterocycles. The number of carbonyl (C=O) groups is 1. The van der Waals surface area contributed by atoms with E-state index in [0.717, 1.165) is 35.5 Å². The summed E-state index contributed by atoms with van der Waals surface area (Å²) in [7, 11) is 1.78. The second-order valence-corrected chi connectivity index (χ2v) is 7.91. The molecule has 0 atom stereocenters. The Morgan fingerprint density at radius 3 is 2.52 bits per heavy atom. The third-order valence-corrected chi connectivity index (χ3v) is 5.48. The fraction of sp³-hybridized carbons (Fsp3) is 0.304. The molecular formula is C23H24ClN3O2. The topological polar surface area (TPSA) is 49.6 Å². The molecule has 0 unspecified atom stereocenters. The lowest BCUT2D eigenvalue weighted by Crippen LogP contribution is -2.27. The van der Waals surface area contributed by atoms with Gasteiger partial charge < -0.3 is 9.32 Å². The van der Waals surface area contributed by atoms with E-state index in [1.807, 2.05) is 54.6 Å². The van der Waals surface area contributed by atoms with Crippen LogP contribution >= 0.6 is 11.6 Å². The van der Waals surface area contributed by atoms with E-state index in [1.54, 1.807) is 11.9 Å². The summed E-state index contributed by atoms with van der Waals surface area (Å²) in [4.78, 5) is 21.1. The summed E-state index contributed by atoms with van der Waals surface area (Å²) in [5, 5.41) is 0.768. The van der Waals surface area contributed by atoms with Gasteiger partial charge in [0, 0.05) is 31.2 Å². The molecule has 150 valence electrons. The van der Waals surface area contributed by atoms with Gasteiger partial charge in [-0.3, -0.25) is 9.69 Å². The zero-order valence-corrected chi connectivity index (χ0v) is 17.2. The highest BCUT2D eigenvalue weighted by Crippen LogP contribution is 2.31. The van der Waals surface area contributed by atoms with E-state index in [9.17, 15) is 4.79 Å². The highest BCUT2D eigenvalue weighted by atomic mass is 35.5. The fourth-order valence-corrected chi connectivity index (χ4v) is 3.57. The van der Waals surface area contributed by atoms with Crippen molar-refractivity contribution in [2.24, 2.45) is 0 Å². The van der Waals surface area contributed by atoms with Gasteiger partial charge in [-0.05, 0) is 30.0 Å². The molecule has 0 saturated heterocycles. The molecule has 1 heterocycles. The number of aromatic nitrogens is 1. The summed E-state index contributed by atoms with van der Waals surface area (Å²) in [6.07, 6.45) is 3.78. The average molecular weight is 410 g/mol. The quantitative estimate of drug-likeness (QED) is 0.538. The monoisotopic (exact) mass is 409 g/mol. The maximum atomic E-state index is 12.7. The normalized spacial score (nSPS) is 13.6. The van der Waals surface area contributed by atoms with Crippen molar-refractivity contribution in [2.45, 2.75) is 38.5 Å². The highest BCUT2D eigenvalue weighted by Gasteiger charge is 2.30. The largest absolute Gasteiger partial charge is 0.447 e. The zero-order chi connectivity index (χ0) is 20.2. The number of hydrogen-bond acceptors (Lipinski definition) is 4. The summed E-state index contributed by atoms with van der Waals surface area (Å²) in [5.41, 5.74) is 2.50. The van der Waals surface area contributed by atoms with Gasteiger partial charge in [0.05, 0.1) is 6.54 Å². The van der Waals surface area contributed by atoms with Gasteiger partial charge in [-0.1, -0.05) is 60.1 Å². The minimum absolute atomic E-state index is 0.145. The summed E-state index contributed by atoms with van der Waals surface area (Å²) in [6.45, 7) is 1.83. The molecule has 1 aliphatic rings. The summed E-state index contributed by atoms with van der Waals surface area (Å²) >= 11 is 6.33. The molecule has 0 aliphatic heterocycles. The molecule has 1 amide bonds. The van der Waals surface area contributed by atoms with Crippen molar-refractivity contribution in [1.29, 1.82) is 0 Å². The van der Waals surface area contributed by atoms with Crippen LogP contribution < -0.4 is 0 Å². The Kier molecular flexibility index (Phi) is 5.97. The van der Waals surface area contributed by atoms with Crippen LogP contribution in [0.25, 0.3) is 0 Å². The first kappa shape index (κ1) is 19.7. The van der Waals surface area contributed by atoms with Gasteiger partial charge in [-0.2, -0.15) is 0 Å². The molecule has 4 rings (SSSR count). The Balaban J connectivity index is 1.41. The van der Waals surface area contributed by atoms with Gasteiger partial charge in [0.2, 0.25) is 5.89 Å². The van der Waals surface area contributed by atoms with Crippen LogP contribution in [0.5, 0.6) is 0 Å². The number of rotatable bonds is 8. The van der Waals surface area contributed by atoms with E-state index >= 15 is 0 Å². The Hall–Kier alpha value is -2.63. The Bertz CT molecular complexity index is 969. The first-order valence-electron chi connectivity index (χ1n) is 9.81. The molecular weight excluding hydrogens is 386 g/mol. The van der Waals surface area contributed by atoms with Crippen molar-refractivity contribution in [2.75, 3.05) is 7.05 Å². The first-order valence-corrected chi connectivity index (χ1v) is 10.2. The van der Waals surface area contributed by atoms with E-state index in [1.165, 1.54) is 6.26 Å². The predicted octanol–water partition coefficient (Wildman–Crippen LogP) is 4.76. The Labute approximate surface area is 175 Å². The maximum absolute atomic E-state index is 12.7. The van der Waals surface area contributed by atoms with Crippen LogP contribution in [-0.4, -0.2) is 33.8 Å². The molecule has 0 spiro atoms. The fourth-order valence-electron chi connectivity index (χ4n) is 3.38. The molecule has 6 heteroatoms. The average Bonchev–Trinajstić information content (AvgIpc) is 3.48. The molecule has 2 aromatic carbocycles. The van der Waals surface area contributed by atoms with Gasteiger partial charge in [0.15, 0.2) is 5.69 Å².